The first-order valence-electron chi connectivity index (χ1n) is 7.90. The maximum Gasteiger partial charge on any atom is 0.0700 e. The van der Waals surface area contributed by atoms with Gasteiger partial charge in [-0.3, -0.25) is 9.80 Å². The molecule has 2 rings (SSSR count). The minimum absolute atomic E-state index is 0.707. The molecule has 2 atom stereocenters. The van der Waals surface area contributed by atoms with Crippen LogP contribution in [0.25, 0.3) is 0 Å². The van der Waals surface area contributed by atoms with Crippen LogP contribution in [-0.2, 0) is 9.47 Å². The Hall–Kier alpha value is -0.160. The third-order valence-corrected chi connectivity index (χ3v) is 4.54. The van der Waals surface area contributed by atoms with E-state index < -0.39 is 0 Å². The van der Waals surface area contributed by atoms with Gasteiger partial charge in [0.2, 0.25) is 0 Å². The zero-order valence-electron chi connectivity index (χ0n) is 12.6. The van der Waals surface area contributed by atoms with Crippen molar-refractivity contribution in [3.05, 3.63) is 0 Å². The lowest BCUT2D eigenvalue weighted by Gasteiger charge is -2.43. The zero-order chi connectivity index (χ0) is 13.5. The number of hydrogen-bond acceptors (Lipinski definition) is 4. The fourth-order valence-electron chi connectivity index (χ4n) is 3.42. The fourth-order valence-corrected chi connectivity index (χ4v) is 3.42. The zero-order valence-corrected chi connectivity index (χ0v) is 12.6. The minimum Gasteiger partial charge on any atom is -0.382 e. The van der Waals surface area contributed by atoms with Gasteiger partial charge in [-0.05, 0) is 32.2 Å². The van der Waals surface area contributed by atoms with Crippen LogP contribution in [0.15, 0.2) is 0 Å². The monoisotopic (exact) mass is 270 g/mol. The largest absolute Gasteiger partial charge is 0.382 e. The van der Waals surface area contributed by atoms with Gasteiger partial charge in [-0.25, -0.2) is 0 Å². The lowest BCUT2D eigenvalue weighted by molar-refractivity contribution is 0.0326. The Morgan fingerprint density at radius 2 is 2.05 bits per heavy atom. The van der Waals surface area contributed by atoms with Crippen LogP contribution in [0.2, 0.25) is 0 Å². The second kappa shape index (κ2) is 8.20. The SMILES string of the molecule is CCC1CN2CCCC2CN1CCCOCCOC. The van der Waals surface area contributed by atoms with Gasteiger partial charge in [-0.1, -0.05) is 6.92 Å². The molecule has 0 saturated carbocycles. The molecular formula is C15H30N2O2. The van der Waals surface area contributed by atoms with Crippen LogP contribution in [0.4, 0.5) is 0 Å². The first-order valence-corrected chi connectivity index (χ1v) is 7.90. The van der Waals surface area contributed by atoms with Crippen molar-refractivity contribution in [3.63, 3.8) is 0 Å². The van der Waals surface area contributed by atoms with Gasteiger partial charge in [-0.2, -0.15) is 0 Å². The predicted molar refractivity (Wildman–Crippen MR) is 77.6 cm³/mol. The molecule has 4 heteroatoms. The van der Waals surface area contributed by atoms with Gasteiger partial charge in [0.1, 0.15) is 0 Å². The van der Waals surface area contributed by atoms with E-state index in [1.54, 1.807) is 7.11 Å². The van der Waals surface area contributed by atoms with E-state index in [1.807, 2.05) is 0 Å². The summed E-state index contributed by atoms with van der Waals surface area (Å²) in [6, 6.07) is 1.59. The summed E-state index contributed by atoms with van der Waals surface area (Å²) in [4.78, 5) is 5.41. The van der Waals surface area contributed by atoms with Crippen LogP contribution in [-0.4, -0.2) is 75.0 Å². The van der Waals surface area contributed by atoms with E-state index in [0.717, 1.165) is 31.7 Å². The van der Waals surface area contributed by atoms with E-state index in [9.17, 15) is 0 Å². The lowest BCUT2D eigenvalue weighted by atomic mass is 10.0. The molecule has 0 radical (unpaired) electrons. The highest BCUT2D eigenvalue weighted by atomic mass is 16.5. The maximum absolute atomic E-state index is 5.56. The highest BCUT2D eigenvalue weighted by molar-refractivity contribution is 4.91. The van der Waals surface area contributed by atoms with Crippen molar-refractivity contribution in [3.8, 4) is 0 Å². The van der Waals surface area contributed by atoms with Crippen molar-refractivity contribution in [2.24, 2.45) is 0 Å². The summed E-state index contributed by atoms with van der Waals surface area (Å²) >= 11 is 0. The van der Waals surface area contributed by atoms with Crippen LogP contribution in [0.1, 0.15) is 32.6 Å². The smallest absolute Gasteiger partial charge is 0.0700 e. The maximum atomic E-state index is 5.56. The van der Waals surface area contributed by atoms with Gasteiger partial charge < -0.3 is 9.47 Å². The molecule has 19 heavy (non-hydrogen) atoms. The second-order valence-electron chi connectivity index (χ2n) is 5.81. The van der Waals surface area contributed by atoms with E-state index in [2.05, 4.69) is 16.7 Å². The molecule has 0 N–H and O–H groups in total. The third kappa shape index (κ3) is 4.42. The average Bonchev–Trinajstić information content (AvgIpc) is 2.88. The van der Waals surface area contributed by atoms with Crippen molar-refractivity contribution in [2.45, 2.75) is 44.7 Å². The molecule has 0 aromatic carbocycles. The summed E-state index contributed by atoms with van der Waals surface area (Å²) in [5.74, 6) is 0. The Kier molecular flexibility index (Phi) is 6.57. The second-order valence-corrected chi connectivity index (χ2v) is 5.81. The van der Waals surface area contributed by atoms with E-state index in [0.29, 0.717) is 6.61 Å². The number of methoxy groups -OCH3 is 1. The van der Waals surface area contributed by atoms with Gasteiger partial charge in [0.25, 0.3) is 0 Å². The lowest BCUT2D eigenvalue weighted by Crippen LogP contribution is -2.56. The Labute approximate surface area is 118 Å². The molecule has 2 heterocycles. The van der Waals surface area contributed by atoms with E-state index in [4.69, 9.17) is 9.47 Å². The molecule has 4 nitrogen and oxygen atoms in total. The van der Waals surface area contributed by atoms with E-state index in [-0.39, 0.29) is 0 Å². The molecule has 0 spiro atoms. The Bertz CT molecular complexity index is 250. The topological polar surface area (TPSA) is 24.9 Å². The molecule has 0 amide bonds. The molecule has 0 bridgehead atoms. The number of piperazine rings is 1. The molecule has 0 aromatic rings. The Morgan fingerprint density at radius 1 is 1.16 bits per heavy atom. The molecule has 2 unspecified atom stereocenters. The third-order valence-electron chi connectivity index (χ3n) is 4.54. The summed E-state index contributed by atoms with van der Waals surface area (Å²) in [6.07, 6.45) is 5.22. The quantitative estimate of drug-likeness (QED) is 0.626. The van der Waals surface area contributed by atoms with Crippen molar-refractivity contribution in [1.82, 2.24) is 9.80 Å². The summed E-state index contributed by atoms with van der Waals surface area (Å²) in [5.41, 5.74) is 0. The Morgan fingerprint density at radius 3 is 2.84 bits per heavy atom. The molecule has 2 aliphatic rings. The molecule has 2 saturated heterocycles. The average molecular weight is 270 g/mol. The van der Waals surface area contributed by atoms with Crippen LogP contribution in [0.3, 0.4) is 0 Å². The predicted octanol–water partition coefficient (Wildman–Crippen LogP) is 1.60. The molecule has 0 aliphatic carbocycles. The minimum atomic E-state index is 0.707. The van der Waals surface area contributed by atoms with Crippen LogP contribution >= 0.6 is 0 Å². The van der Waals surface area contributed by atoms with Crippen molar-refractivity contribution < 1.29 is 9.47 Å². The Balaban J connectivity index is 1.66. The van der Waals surface area contributed by atoms with Crippen LogP contribution < -0.4 is 0 Å². The molecule has 112 valence electrons. The van der Waals surface area contributed by atoms with Crippen LogP contribution in [0.5, 0.6) is 0 Å². The normalized spacial score (nSPS) is 28.7. The first-order chi connectivity index (χ1) is 9.35. The number of ether oxygens (including phenoxy) is 2. The van der Waals surface area contributed by atoms with E-state index in [1.165, 1.54) is 45.4 Å². The highest BCUT2D eigenvalue weighted by Gasteiger charge is 2.34. The number of fused-ring (bicyclic) bond motifs is 1. The van der Waals surface area contributed by atoms with Gasteiger partial charge in [-0.15, -0.1) is 0 Å². The molecule has 2 aliphatic heterocycles. The van der Waals surface area contributed by atoms with Crippen molar-refractivity contribution in [2.75, 3.05) is 53.1 Å². The standard InChI is InChI=1S/C15H30N2O2/c1-3-14-12-17-7-4-6-15(17)13-16(14)8-5-9-19-11-10-18-2/h14-15H,3-13H2,1-2H3. The molecular weight excluding hydrogens is 240 g/mol. The summed E-state index contributed by atoms with van der Waals surface area (Å²) < 4.78 is 10.5. The van der Waals surface area contributed by atoms with Gasteiger partial charge in [0.15, 0.2) is 0 Å². The van der Waals surface area contributed by atoms with Crippen molar-refractivity contribution in [1.29, 1.82) is 0 Å². The summed E-state index contributed by atoms with van der Waals surface area (Å²) in [6.45, 7) is 9.70. The van der Waals surface area contributed by atoms with E-state index >= 15 is 0 Å². The van der Waals surface area contributed by atoms with Gasteiger partial charge in [0, 0.05) is 45.4 Å². The summed E-state index contributed by atoms with van der Waals surface area (Å²) in [5, 5.41) is 0. The molecule has 2 fully saturated rings. The highest BCUT2D eigenvalue weighted by Crippen LogP contribution is 2.25. The van der Waals surface area contributed by atoms with Gasteiger partial charge >= 0.3 is 0 Å². The number of nitrogens with zero attached hydrogens (tertiary/aromatic N) is 2. The van der Waals surface area contributed by atoms with Crippen molar-refractivity contribution >= 4 is 0 Å². The first kappa shape index (κ1) is 15.2. The summed E-state index contributed by atoms with van der Waals surface area (Å²) in [7, 11) is 1.72. The fraction of sp³-hybridized carbons (Fsp3) is 1.00. The van der Waals surface area contributed by atoms with Crippen LogP contribution in [0, 0.1) is 0 Å². The number of rotatable bonds is 8. The van der Waals surface area contributed by atoms with Gasteiger partial charge in [0.05, 0.1) is 13.2 Å². The number of hydrogen-bond donors (Lipinski definition) is 0. The molecule has 0 aromatic heterocycles.